The monoisotopic (exact) mass is 410 g/mol. The van der Waals surface area contributed by atoms with E-state index in [1.807, 2.05) is 0 Å². The fourth-order valence-electron chi connectivity index (χ4n) is 2.79. The fourth-order valence-corrected chi connectivity index (χ4v) is 2.79. The molecule has 154 valence electrons. The van der Waals surface area contributed by atoms with E-state index in [9.17, 15) is 9.59 Å². The number of aromatic nitrogens is 8. The molecule has 0 N–H and O–H groups in total. The minimum atomic E-state index is -0.419. The minimum absolute atomic E-state index is 0.231. The standard InChI is InChI=1S/C18H18N8O4/c27-15(29-25-17-13(21-23-25)7-5-11-19-17)9-3-1-2-4-10-16(28)30-26-18-14(22-24-26)8-6-12-20-18/h5-8,11-12H,1-4,9-10H2. The molecule has 4 heterocycles. The van der Waals surface area contributed by atoms with Gasteiger partial charge in [-0.1, -0.05) is 12.8 Å². The zero-order valence-electron chi connectivity index (χ0n) is 15.9. The molecule has 0 aliphatic carbocycles. The summed E-state index contributed by atoms with van der Waals surface area (Å²) in [5, 5.41) is 15.2. The van der Waals surface area contributed by atoms with Gasteiger partial charge in [0.1, 0.15) is 11.0 Å². The molecule has 0 fully saturated rings. The number of hydrogen-bond acceptors (Lipinski definition) is 10. The van der Waals surface area contributed by atoms with E-state index in [1.54, 1.807) is 36.7 Å². The lowest BCUT2D eigenvalue weighted by Crippen LogP contribution is -2.21. The van der Waals surface area contributed by atoms with Crippen LogP contribution in [0, 0.1) is 0 Å². The summed E-state index contributed by atoms with van der Waals surface area (Å²) in [6.07, 6.45) is 6.41. The molecular formula is C18H18N8O4. The van der Waals surface area contributed by atoms with Gasteiger partial charge in [0.25, 0.3) is 0 Å². The van der Waals surface area contributed by atoms with Crippen molar-refractivity contribution in [3.05, 3.63) is 36.7 Å². The average molecular weight is 410 g/mol. The van der Waals surface area contributed by atoms with Crippen LogP contribution in [0.4, 0.5) is 0 Å². The van der Waals surface area contributed by atoms with E-state index in [2.05, 4.69) is 30.6 Å². The summed E-state index contributed by atoms with van der Waals surface area (Å²) >= 11 is 0. The molecule has 0 bridgehead atoms. The number of pyridine rings is 2. The number of fused-ring (bicyclic) bond motifs is 2. The SMILES string of the molecule is O=C(CCCCCCC(=O)On1nnc2cccnc21)On1nnc2cccnc21. The number of unbranched alkanes of at least 4 members (excludes halogenated alkanes) is 3. The zero-order valence-corrected chi connectivity index (χ0v) is 15.9. The van der Waals surface area contributed by atoms with Crippen LogP contribution in [0.15, 0.2) is 36.7 Å². The molecule has 0 unspecified atom stereocenters. The van der Waals surface area contributed by atoms with E-state index >= 15 is 0 Å². The molecule has 0 aromatic carbocycles. The third-order valence-electron chi connectivity index (χ3n) is 4.25. The lowest BCUT2D eigenvalue weighted by atomic mass is 10.1. The van der Waals surface area contributed by atoms with E-state index in [1.165, 1.54) is 0 Å². The second-order valence-corrected chi connectivity index (χ2v) is 6.46. The van der Waals surface area contributed by atoms with Crippen molar-refractivity contribution in [3.63, 3.8) is 0 Å². The van der Waals surface area contributed by atoms with Crippen LogP contribution >= 0.6 is 0 Å². The largest absolute Gasteiger partial charge is 0.335 e. The van der Waals surface area contributed by atoms with Crippen LogP contribution in [0.1, 0.15) is 38.5 Å². The topological polar surface area (TPSA) is 140 Å². The lowest BCUT2D eigenvalue weighted by molar-refractivity contribution is -0.146. The fraction of sp³-hybridized carbons (Fsp3) is 0.333. The highest BCUT2D eigenvalue weighted by Gasteiger charge is 2.12. The van der Waals surface area contributed by atoms with Gasteiger partial charge in [-0.15, -0.1) is 10.2 Å². The summed E-state index contributed by atoms with van der Waals surface area (Å²) < 4.78 is 0. The molecule has 0 amide bonds. The average Bonchev–Trinajstić information content (AvgIpc) is 3.35. The third-order valence-corrected chi connectivity index (χ3v) is 4.25. The Morgan fingerprint density at radius 2 is 1.20 bits per heavy atom. The van der Waals surface area contributed by atoms with E-state index in [0.29, 0.717) is 35.2 Å². The number of rotatable bonds is 9. The first-order chi connectivity index (χ1) is 14.7. The van der Waals surface area contributed by atoms with Gasteiger partial charge in [0.15, 0.2) is 0 Å². The summed E-state index contributed by atoms with van der Waals surface area (Å²) in [5.74, 6) is -0.838. The molecular weight excluding hydrogens is 392 g/mol. The van der Waals surface area contributed by atoms with Gasteiger partial charge in [0, 0.05) is 25.2 Å². The maximum Gasteiger partial charge on any atom is 0.335 e. The highest BCUT2D eigenvalue weighted by atomic mass is 16.7. The van der Waals surface area contributed by atoms with Crippen molar-refractivity contribution < 1.29 is 19.3 Å². The molecule has 0 saturated carbocycles. The van der Waals surface area contributed by atoms with E-state index in [-0.39, 0.29) is 12.8 Å². The summed E-state index contributed by atoms with van der Waals surface area (Å²) in [4.78, 5) is 44.4. The Balaban J connectivity index is 1.12. The molecule has 0 radical (unpaired) electrons. The van der Waals surface area contributed by atoms with Crippen LogP contribution in [-0.2, 0) is 9.59 Å². The summed E-state index contributed by atoms with van der Waals surface area (Å²) in [7, 11) is 0. The van der Waals surface area contributed by atoms with Crippen LogP contribution in [-0.4, -0.2) is 52.2 Å². The van der Waals surface area contributed by atoms with Crippen LogP contribution in [0.3, 0.4) is 0 Å². The lowest BCUT2D eigenvalue weighted by Gasteiger charge is -2.04. The highest BCUT2D eigenvalue weighted by Crippen LogP contribution is 2.09. The predicted molar refractivity (Wildman–Crippen MR) is 102 cm³/mol. The van der Waals surface area contributed by atoms with Crippen molar-refractivity contribution in [2.75, 3.05) is 0 Å². The van der Waals surface area contributed by atoms with Gasteiger partial charge in [0.05, 0.1) is 0 Å². The molecule has 12 nitrogen and oxygen atoms in total. The van der Waals surface area contributed by atoms with E-state index in [0.717, 1.165) is 22.5 Å². The van der Waals surface area contributed by atoms with Gasteiger partial charge in [-0.2, -0.15) is 0 Å². The van der Waals surface area contributed by atoms with Gasteiger partial charge in [0.2, 0.25) is 11.3 Å². The van der Waals surface area contributed by atoms with E-state index < -0.39 is 11.9 Å². The van der Waals surface area contributed by atoms with Gasteiger partial charge in [-0.25, -0.2) is 19.6 Å². The van der Waals surface area contributed by atoms with Crippen LogP contribution < -0.4 is 9.68 Å². The Labute approximate surface area is 169 Å². The first-order valence-corrected chi connectivity index (χ1v) is 9.46. The van der Waals surface area contributed by atoms with E-state index in [4.69, 9.17) is 9.68 Å². The quantitative estimate of drug-likeness (QED) is 0.289. The van der Waals surface area contributed by atoms with Gasteiger partial charge < -0.3 is 9.68 Å². The molecule has 0 aliphatic rings. The molecule has 4 aromatic heterocycles. The second-order valence-electron chi connectivity index (χ2n) is 6.46. The molecule has 30 heavy (non-hydrogen) atoms. The number of hydrogen-bond donors (Lipinski definition) is 0. The van der Waals surface area contributed by atoms with Crippen molar-refractivity contribution in [1.29, 1.82) is 0 Å². The van der Waals surface area contributed by atoms with Crippen LogP contribution in [0.2, 0.25) is 0 Å². The summed E-state index contributed by atoms with van der Waals surface area (Å²) in [6, 6.07) is 6.91. The Morgan fingerprint density at radius 3 is 1.67 bits per heavy atom. The van der Waals surface area contributed by atoms with Crippen LogP contribution in [0.25, 0.3) is 22.3 Å². The van der Waals surface area contributed by atoms with Crippen molar-refractivity contribution in [1.82, 2.24) is 40.3 Å². The van der Waals surface area contributed by atoms with Gasteiger partial charge in [-0.3, -0.25) is 0 Å². The molecule has 0 atom stereocenters. The Bertz CT molecular complexity index is 1080. The normalized spacial score (nSPS) is 11.1. The van der Waals surface area contributed by atoms with Gasteiger partial charge >= 0.3 is 11.9 Å². The predicted octanol–water partition coefficient (Wildman–Crippen LogP) is 0.917. The Morgan fingerprint density at radius 1 is 0.733 bits per heavy atom. The van der Waals surface area contributed by atoms with Crippen molar-refractivity contribution in [2.24, 2.45) is 0 Å². The maximum atomic E-state index is 11.9. The molecule has 4 aromatic rings. The number of nitrogens with zero attached hydrogens (tertiary/aromatic N) is 8. The highest BCUT2D eigenvalue weighted by molar-refractivity contribution is 5.73. The summed E-state index contributed by atoms with van der Waals surface area (Å²) in [5.41, 5.74) is 1.87. The van der Waals surface area contributed by atoms with Crippen molar-refractivity contribution in [3.8, 4) is 0 Å². The molecule has 0 saturated heterocycles. The van der Waals surface area contributed by atoms with Gasteiger partial charge in [-0.05, 0) is 57.2 Å². The first kappa shape index (κ1) is 19.4. The minimum Gasteiger partial charge on any atom is -0.316 e. The second kappa shape index (κ2) is 9.03. The zero-order chi connectivity index (χ0) is 20.8. The third kappa shape index (κ3) is 4.54. The molecule has 0 aliphatic heterocycles. The first-order valence-electron chi connectivity index (χ1n) is 9.46. The smallest absolute Gasteiger partial charge is 0.316 e. The molecule has 12 heteroatoms. The number of carbonyl (C=O) groups excluding carboxylic acids is 2. The Kier molecular flexibility index (Phi) is 5.83. The molecule has 0 spiro atoms. The van der Waals surface area contributed by atoms with Crippen molar-refractivity contribution >= 4 is 34.3 Å². The van der Waals surface area contributed by atoms with Crippen molar-refractivity contribution in [2.45, 2.75) is 38.5 Å². The molecule has 4 rings (SSSR count). The maximum absolute atomic E-state index is 11.9. The summed E-state index contributed by atoms with van der Waals surface area (Å²) in [6.45, 7) is 0. The number of carbonyl (C=O) groups is 2. The Hall–Kier alpha value is -3.96. The van der Waals surface area contributed by atoms with Crippen LogP contribution in [0.5, 0.6) is 0 Å².